The van der Waals surface area contributed by atoms with Crippen LogP contribution in [0.3, 0.4) is 0 Å². The molecule has 0 saturated heterocycles. The SMILES string of the molecule is NCC(Cc1cccc(Cl)c1)Cc1cncs1. The second kappa shape index (κ2) is 6.15. The Kier molecular flexibility index (Phi) is 4.54. The van der Waals surface area contributed by atoms with E-state index in [1.165, 1.54) is 10.4 Å². The second-order valence-corrected chi connectivity index (χ2v) is 5.51. The fourth-order valence-corrected chi connectivity index (χ4v) is 2.79. The van der Waals surface area contributed by atoms with Crippen molar-refractivity contribution < 1.29 is 0 Å². The van der Waals surface area contributed by atoms with E-state index in [4.69, 9.17) is 17.3 Å². The Morgan fingerprint density at radius 3 is 2.88 bits per heavy atom. The average molecular weight is 267 g/mol. The van der Waals surface area contributed by atoms with Gasteiger partial charge in [0.15, 0.2) is 0 Å². The maximum atomic E-state index is 5.98. The molecule has 0 bridgehead atoms. The van der Waals surface area contributed by atoms with Gasteiger partial charge in [0.1, 0.15) is 0 Å². The molecule has 2 N–H and O–H groups in total. The number of benzene rings is 1. The molecular formula is C13H15ClN2S. The normalized spacial score (nSPS) is 12.6. The van der Waals surface area contributed by atoms with E-state index >= 15 is 0 Å². The number of hydrogen-bond acceptors (Lipinski definition) is 3. The predicted octanol–water partition coefficient (Wildman–Crippen LogP) is 3.16. The molecule has 0 radical (unpaired) electrons. The summed E-state index contributed by atoms with van der Waals surface area (Å²) in [5, 5.41) is 0.788. The minimum atomic E-state index is 0.453. The third-order valence-electron chi connectivity index (χ3n) is 2.72. The first-order valence-electron chi connectivity index (χ1n) is 5.60. The summed E-state index contributed by atoms with van der Waals surface area (Å²) in [4.78, 5) is 5.38. The molecule has 2 nitrogen and oxygen atoms in total. The van der Waals surface area contributed by atoms with Crippen molar-refractivity contribution in [3.63, 3.8) is 0 Å². The van der Waals surface area contributed by atoms with Crippen LogP contribution in [0.5, 0.6) is 0 Å². The Balaban J connectivity index is 2.00. The summed E-state index contributed by atoms with van der Waals surface area (Å²) in [6.07, 6.45) is 3.88. The van der Waals surface area contributed by atoms with E-state index in [2.05, 4.69) is 11.1 Å². The van der Waals surface area contributed by atoms with Crippen LogP contribution in [0.2, 0.25) is 5.02 Å². The van der Waals surface area contributed by atoms with Gasteiger partial charge in [-0.1, -0.05) is 23.7 Å². The zero-order valence-corrected chi connectivity index (χ0v) is 11.0. The van der Waals surface area contributed by atoms with Gasteiger partial charge in [-0.3, -0.25) is 4.98 Å². The number of aromatic nitrogens is 1. The zero-order chi connectivity index (χ0) is 12.1. The molecule has 2 rings (SSSR count). The van der Waals surface area contributed by atoms with E-state index < -0.39 is 0 Å². The van der Waals surface area contributed by atoms with Crippen LogP contribution < -0.4 is 5.73 Å². The number of nitrogens with zero attached hydrogens (tertiary/aromatic N) is 1. The molecule has 1 unspecified atom stereocenters. The molecule has 17 heavy (non-hydrogen) atoms. The average Bonchev–Trinajstić information content (AvgIpc) is 2.81. The predicted molar refractivity (Wildman–Crippen MR) is 73.5 cm³/mol. The highest BCUT2D eigenvalue weighted by atomic mass is 35.5. The highest BCUT2D eigenvalue weighted by Crippen LogP contribution is 2.18. The van der Waals surface area contributed by atoms with Crippen LogP contribution in [0.1, 0.15) is 10.4 Å². The molecule has 0 aliphatic carbocycles. The smallest absolute Gasteiger partial charge is 0.0794 e. The van der Waals surface area contributed by atoms with Crippen molar-refractivity contribution in [1.29, 1.82) is 0 Å². The van der Waals surface area contributed by atoms with Crippen molar-refractivity contribution in [3.8, 4) is 0 Å². The Morgan fingerprint density at radius 1 is 1.35 bits per heavy atom. The summed E-state index contributed by atoms with van der Waals surface area (Å²) >= 11 is 7.66. The van der Waals surface area contributed by atoms with Crippen molar-refractivity contribution in [2.75, 3.05) is 6.54 Å². The van der Waals surface area contributed by atoms with Gasteiger partial charge in [-0.05, 0) is 43.0 Å². The molecule has 0 spiro atoms. The van der Waals surface area contributed by atoms with Gasteiger partial charge in [0, 0.05) is 16.1 Å². The maximum Gasteiger partial charge on any atom is 0.0794 e. The summed E-state index contributed by atoms with van der Waals surface area (Å²) < 4.78 is 0. The third-order valence-corrected chi connectivity index (χ3v) is 3.76. The Labute approximate surface area is 110 Å². The molecular weight excluding hydrogens is 252 g/mol. The standard InChI is InChI=1S/C13H15ClN2S/c14-12-3-1-2-10(5-12)4-11(7-15)6-13-8-16-9-17-13/h1-3,5,8-9,11H,4,6-7,15H2. The van der Waals surface area contributed by atoms with E-state index in [9.17, 15) is 0 Å². The monoisotopic (exact) mass is 266 g/mol. The molecule has 0 fully saturated rings. The lowest BCUT2D eigenvalue weighted by Gasteiger charge is -2.13. The largest absolute Gasteiger partial charge is 0.330 e. The first kappa shape index (κ1) is 12.6. The minimum Gasteiger partial charge on any atom is -0.330 e. The zero-order valence-electron chi connectivity index (χ0n) is 9.47. The molecule has 2 aromatic rings. The van der Waals surface area contributed by atoms with Crippen LogP contribution in [-0.4, -0.2) is 11.5 Å². The summed E-state index contributed by atoms with van der Waals surface area (Å²) in [5.74, 6) is 0.453. The fourth-order valence-electron chi connectivity index (χ4n) is 1.86. The number of rotatable bonds is 5. The van der Waals surface area contributed by atoms with Crippen LogP contribution in [0.25, 0.3) is 0 Å². The van der Waals surface area contributed by atoms with Gasteiger partial charge in [-0.15, -0.1) is 11.3 Å². The van der Waals surface area contributed by atoms with Gasteiger partial charge in [0.25, 0.3) is 0 Å². The molecule has 0 aliphatic rings. The summed E-state index contributed by atoms with van der Waals surface area (Å²) in [5.41, 5.74) is 8.94. The molecule has 1 heterocycles. The molecule has 0 aliphatic heterocycles. The molecule has 1 atom stereocenters. The minimum absolute atomic E-state index is 0.453. The number of halogens is 1. The van der Waals surface area contributed by atoms with E-state index in [1.807, 2.05) is 29.9 Å². The van der Waals surface area contributed by atoms with Gasteiger partial charge in [-0.25, -0.2) is 0 Å². The fraction of sp³-hybridized carbons (Fsp3) is 0.308. The third kappa shape index (κ3) is 3.80. The van der Waals surface area contributed by atoms with Crippen LogP contribution in [0.4, 0.5) is 0 Å². The molecule has 90 valence electrons. The van der Waals surface area contributed by atoms with E-state index in [1.54, 1.807) is 11.3 Å². The van der Waals surface area contributed by atoms with Crippen LogP contribution in [0.15, 0.2) is 36.0 Å². The number of nitrogens with two attached hydrogens (primary N) is 1. The second-order valence-electron chi connectivity index (χ2n) is 4.11. The highest BCUT2D eigenvalue weighted by Gasteiger charge is 2.10. The number of thiazole rings is 1. The first-order chi connectivity index (χ1) is 8.28. The Morgan fingerprint density at radius 2 is 2.24 bits per heavy atom. The van der Waals surface area contributed by atoms with Crippen molar-refractivity contribution in [3.05, 3.63) is 51.4 Å². The van der Waals surface area contributed by atoms with Crippen LogP contribution in [0, 0.1) is 5.92 Å². The van der Waals surface area contributed by atoms with Crippen molar-refractivity contribution in [2.24, 2.45) is 11.7 Å². The number of hydrogen-bond donors (Lipinski definition) is 1. The van der Waals surface area contributed by atoms with E-state index in [0.717, 1.165) is 17.9 Å². The highest BCUT2D eigenvalue weighted by molar-refractivity contribution is 7.09. The summed E-state index contributed by atoms with van der Waals surface area (Å²) in [6, 6.07) is 7.99. The maximum absolute atomic E-state index is 5.98. The Hall–Kier alpha value is -0.900. The molecule has 1 aromatic heterocycles. The first-order valence-corrected chi connectivity index (χ1v) is 6.85. The van der Waals surface area contributed by atoms with Crippen molar-refractivity contribution in [1.82, 2.24) is 4.98 Å². The van der Waals surface area contributed by atoms with Gasteiger partial charge in [0.2, 0.25) is 0 Å². The molecule has 0 amide bonds. The lowest BCUT2D eigenvalue weighted by Crippen LogP contribution is -2.18. The Bertz CT molecular complexity index is 456. The van der Waals surface area contributed by atoms with Gasteiger partial charge in [-0.2, -0.15) is 0 Å². The van der Waals surface area contributed by atoms with Gasteiger partial charge in [0.05, 0.1) is 5.51 Å². The quantitative estimate of drug-likeness (QED) is 0.903. The molecule has 4 heteroatoms. The van der Waals surface area contributed by atoms with E-state index in [-0.39, 0.29) is 0 Å². The molecule has 1 aromatic carbocycles. The van der Waals surface area contributed by atoms with Gasteiger partial charge < -0.3 is 5.73 Å². The van der Waals surface area contributed by atoms with Crippen molar-refractivity contribution >= 4 is 22.9 Å². The summed E-state index contributed by atoms with van der Waals surface area (Å²) in [6.45, 7) is 0.685. The van der Waals surface area contributed by atoms with Gasteiger partial charge >= 0.3 is 0 Å². The van der Waals surface area contributed by atoms with Crippen molar-refractivity contribution in [2.45, 2.75) is 12.8 Å². The summed E-state index contributed by atoms with van der Waals surface area (Å²) in [7, 11) is 0. The topological polar surface area (TPSA) is 38.9 Å². The lowest BCUT2D eigenvalue weighted by molar-refractivity contribution is 0.537. The molecule has 0 saturated carbocycles. The van der Waals surface area contributed by atoms with E-state index in [0.29, 0.717) is 12.5 Å². The van der Waals surface area contributed by atoms with Crippen LogP contribution >= 0.6 is 22.9 Å². The lowest BCUT2D eigenvalue weighted by atomic mass is 9.96. The van der Waals surface area contributed by atoms with Crippen LogP contribution in [-0.2, 0) is 12.8 Å².